The summed E-state index contributed by atoms with van der Waals surface area (Å²) in [4.78, 5) is 23.9. The Morgan fingerprint density at radius 1 is 1.19 bits per heavy atom. The predicted octanol–water partition coefficient (Wildman–Crippen LogP) is 3.28. The highest BCUT2D eigenvalue weighted by Gasteiger charge is 2.22. The van der Waals surface area contributed by atoms with Crippen LogP contribution in [0.3, 0.4) is 0 Å². The number of carbonyl (C=O) groups excluding carboxylic acids is 2. The Labute approximate surface area is 159 Å². The summed E-state index contributed by atoms with van der Waals surface area (Å²) >= 11 is 0. The molecular formula is C22H25N3O2. The van der Waals surface area contributed by atoms with Crippen molar-refractivity contribution in [3.8, 4) is 0 Å². The zero-order chi connectivity index (χ0) is 18.8. The lowest BCUT2D eigenvalue weighted by atomic mass is 9.87. The van der Waals surface area contributed by atoms with Crippen molar-refractivity contribution < 1.29 is 9.59 Å². The summed E-state index contributed by atoms with van der Waals surface area (Å²) in [5, 5.41) is 6.04. The van der Waals surface area contributed by atoms with Gasteiger partial charge in [0, 0.05) is 17.8 Å². The van der Waals surface area contributed by atoms with Gasteiger partial charge in [0.05, 0.1) is 12.5 Å². The van der Waals surface area contributed by atoms with Gasteiger partial charge in [-0.05, 0) is 72.6 Å². The van der Waals surface area contributed by atoms with E-state index in [1.807, 2.05) is 24.3 Å². The molecule has 1 aliphatic carbocycles. The van der Waals surface area contributed by atoms with E-state index in [1.165, 1.54) is 16.7 Å². The van der Waals surface area contributed by atoms with E-state index in [0.717, 1.165) is 49.0 Å². The third-order valence-corrected chi connectivity index (χ3v) is 5.48. The molecule has 4 rings (SSSR count). The Hall–Kier alpha value is -2.82. The molecule has 1 unspecified atom stereocenters. The Kier molecular flexibility index (Phi) is 4.84. The van der Waals surface area contributed by atoms with Crippen molar-refractivity contribution in [3.05, 3.63) is 58.7 Å². The normalized spacial score (nSPS) is 17.8. The second kappa shape index (κ2) is 7.43. The fourth-order valence-corrected chi connectivity index (χ4v) is 4.14. The van der Waals surface area contributed by atoms with Gasteiger partial charge < -0.3 is 16.4 Å². The van der Waals surface area contributed by atoms with Crippen LogP contribution in [-0.4, -0.2) is 11.8 Å². The van der Waals surface area contributed by atoms with Crippen LogP contribution >= 0.6 is 0 Å². The molecule has 0 saturated heterocycles. The second-order valence-electron chi connectivity index (χ2n) is 7.54. The van der Waals surface area contributed by atoms with Crippen LogP contribution in [0.1, 0.15) is 54.0 Å². The van der Waals surface area contributed by atoms with E-state index < -0.39 is 0 Å². The highest BCUT2D eigenvalue weighted by atomic mass is 16.2. The van der Waals surface area contributed by atoms with E-state index in [4.69, 9.17) is 5.73 Å². The molecule has 27 heavy (non-hydrogen) atoms. The van der Waals surface area contributed by atoms with Crippen molar-refractivity contribution in [1.82, 2.24) is 5.32 Å². The maximum absolute atomic E-state index is 12.4. The molecule has 5 heteroatoms. The van der Waals surface area contributed by atoms with Gasteiger partial charge in [0.2, 0.25) is 11.8 Å². The van der Waals surface area contributed by atoms with Crippen molar-refractivity contribution in [2.45, 2.75) is 51.0 Å². The first-order valence-corrected chi connectivity index (χ1v) is 9.68. The summed E-state index contributed by atoms with van der Waals surface area (Å²) in [6.45, 7) is 0. The third kappa shape index (κ3) is 3.97. The summed E-state index contributed by atoms with van der Waals surface area (Å²) in [6.07, 6.45) is 5.69. The molecule has 0 radical (unpaired) electrons. The number of nitrogens with one attached hydrogen (secondary N) is 2. The van der Waals surface area contributed by atoms with Gasteiger partial charge in [-0.3, -0.25) is 9.59 Å². The first-order chi connectivity index (χ1) is 13.1. The number of rotatable bonds is 5. The molecule has 1 heterocycles. The first-order valence-electron chi connectivity index (χ1n) is 9.68. The SMILES string of the molecule is Nc1ccc2c(c1)CCCC2NC(=O)CCCc1ccc2c(c1)CC(=O)N2. The molecule has 0 saturated carbocycles. The molecule has 2 aliphatic rings. The summed E-state index contributed by atoms with van der Waals surface area (Å²) in [5.74, 6) is 0.152. The molecule has 1 atom stereocenters. The molecule has 0 fully saturated rings. The number of anilines is 2. The minimum absolute atomic E-state index is 0.0519. The highest BCUT2D eigenvalue weighted by molar-refractivity contribution is 5.99. The quantitative estimate of drug-likeness (QED) is 0.713. The minimum atomic E-state index is 0.0519. The number of hydrogen-bond donors (Lipinski definition) is 3. The molecule has 0 spiro atoms. The maximum Gasteiger partial charge on any atom is 0.228 e. The van der Waals surface area contributed by atoms with Gasteiger partial charge in [-0.15, -0.1) is 0 Å². The lowest BCUT2D eigenvalue weighted by Crippen LogP contribution is -2.30. The minimum Gasteiger partial charge on any atom is -0.399 e. The first kappa shape index (κ1) is 17.6. The van der Waals surface area contributed by atoms with Crippen LogP contribution in [0.4, 0.5) is 11.4 Å². The number of carbonyl (C=O) groups is 2. The summed E-state index contributed by atoms with van der Waals surface area (Å²) in [6, 6.07) is 12.2. The molecule has 2 aromatic carbocycles. The summed E-state index contributed by atoms with van der Waals surface area (Å²) in [7, 11) is 0. The number of hydrogen-bond acceptors (Lipinski definition) is 3. The third-order valence-electron chi connectivity index (χ3n) is 5.48. The van der Waals surface area contributed by atoms with Crippen molar-refractivity contribution >= 4 is 23.2 Å². The van der Waals surface area contributed by atoms with Gasteiger partial charge in [-0.25, -0.2) is 0 Å². The van der Waals surface area contributed by atoms with E-state index >= 15 is 0 Å². The summed E-state index contributed by atoms with van der Waals surface area (Å²) in [5.41, 5.74) is 12.3. The molecule has 2 amide bonds. The molecule has 0 bridgehead atoms. The lowest BCUT2D eigenvalue weighted by Gasteiger charge is -2.26. The summed E-state index contributed by atoms with van der Waals surface area (Å²) < 4.78 is 0. The number of aryl methyl sites for hydroxylation is 2. The zero-order valence-electron chi connectivity index (χ0n) is 15.4. The van der Waals surface area contributed by atoms with Crippen LogP contribution in [0, 0.1) is 0 Å². The van der Waals surface area contributed by atoms with Crippen molar-refractivity contribution in [2.24, 2.45) is 0 Å². The fraction of sp³-hybridized carbons (Fsp3) is 0.364. The highest BCUT2D eigenvalue weighted by Crippen LogP contribution is 2.31. The van der Waals surface area contributed by atoms with Crippen LogP contribution < -0.4 is 16.4 Å². The van der Waals surface area contributed by atoms with E-state index in [-0.39, 0.29) is 17.9 Å². The molecular weight excluding hydrogens is 338 g/mol. The average molecular weight is 363 g/mol. The van der Waals surface area contributed by atoms with Crippen molar-refractivity contribution in [2.75, 3.05) is 11.1 Å². The molecule has 5 nitrogen and oxygen atoms in total. The van der Waals surface area contributed by atoms with Gasteiger partial charge in [0.1, 0.15) is 0 Å². The largest absolute Gasteiger partial charge is 0.399 e. The van der Waals surface area contributed by atoms with Gasteiger partial charge >= 0.3 is 0 Å². The zero-order valence-corrected chi connectivity index (χ0v) is 15.4. The van der Waals surface area contributed by atoms with Crippen LogP contribution in [0.15, 0.2) is 36.4 Å². The molecule has 2 aromatic rings. The number of fused-ring (bicyclic) bond motifs is 2. The van der Waals surface area contributed by atoms with Crippen molar-refractivity contribution in [3.63, 3.8) is 0 Å². The van der Waals surface area contributed by atoms with Crippen molar-refractivity contribution in [1.29, 1.82) is 0 Å². The van der Waals surface area contributed by atoms with Crippen LogP contribution in [0.25, 0.3) is 0 Å². The van der Waals surface area contributed by atoms with E-state index in [0.29, 0.717) is 12.8 Å². The standard InChI is InChI=1S/C22H25N3O2/c23-17-8-9-18-15(12-17)4-2-5-20(18)25-21(26)6-1-3-14-7-10-19-16(11-14)13-22(27)24-19/h7-12,20H,1-6,13,23H2,(H,24,27)(H,25,26). The van der Waals surface area contributed by atoms with E-state index in [2.05, 4.69) is 22.8 Å². The lowest BCUT2D eigenvalue weighted by molar-refractivity contribution is -0.122. The Morgan fingerprint density at radius 2 is 2.07 bits per heavy atom. The van der Waals surface area contributed by atoms with Gasteiger partial charge in [0.15, 0.2) is 0 Å². The molecule has 4 N–H and O–H groups in total. The second-order valence-corrected chi connectivity index (χ2v) is 7.54. The van der Waals surface area contributed by atoms with E-state index in [9.17, 15) is 9.59 Å². The Balaban J connectivity index is 1.30. The van der Waals surface area contributed by atoms with Crippen LogP contribution in [0.5, 0.6) is 0 Å². The number of nitrogens with two attached hydrogens (primary N) is 1. The molecule has 0 aromatic heterocycles. The average Bonchev–Trinajstić information content (AvgIpc) is 3.01. The van der Waals surface area contributed by atoms with E-state index in [1.54, 1.807) is 0 Å². The van der Waals surface area contributed by atoms with Crippen LogP contribution in [0.2, 0.25) is 0 Å². The smallest absolute Gasteiger partial charge is 0.228 e. The predicted molar refractivity (Wildman–Crippen MR) is 106 cm³/mol. The Morgan fingerprint density at radius 3 is 2.96 bits per heavy atom. The molecule has 140 valence electrons. The van der Waals surface area contributed by atoms with Crippen LogP contribution in [-0.2, 0) is 28.9 Å². The monoisotopic (exact) mass is 363 g/mol. The van der Waals surface area contributed by atoms with Gasteiger partial charge in [-0.1, -0.05) is 18.2 Å². The topological polar surface area (TPSA) is 84.2 Å². The fourth-order valence-electron chi connectivity index (χ4n) is 4.14. The number of amides is 2. The Bertz CT molecular complexity index is 891. The van der Waals surface area contributed by atoms with Gasteiger partial charge in [-0.2, -0.15) is 0 Å². The number of benzene rings is 2. The maximum atomic E-state index is 12.4. The number of nitrogen functional groups attached to an aromatic ring is 1. The van der Waals surface area contributed by atoms with Gasteiger partial charge in [0.25, 0.3) is 0 Å². The molecule has 1 aliphatic heterocycles.